The first-order chi connectivity index (χ1) is 17.1. The number of H-pyrrole nitrogens is 1. The van der Waals surface area contributed by atoms with Crippen LogP contribution in [-0.4, -0.2) is 53.3 Å². The first kappa shape index (κ1) is 22.6. The minimum atomic E-state index is -0.579. The molecule has 0 aliphatic carbocycles. The molecule has 0 saturated carbocycles. The van der Waals surface area contributed by atoms with E-state index in [1.165, 1.54) is 0 Å². The number of hydrogen-bond acceptors (Lipinski definition) is 4. The largest absolute Gasteiger partial charge is 0.378 e. The number of carbonyl (C=O) groups is 2. The summed E-state index contributed by atoms with van der Waals surface area (Å²) in [4.78, 5) is 32.1. The molecule has 1 saturated heterocycles. The van der Waals surface area contributed by atoms with Crippen molar-refractivity contribution in [1.82, 2.24) is 15.4 Å². The first-order valence-corrected chi connectivity index (χ1v) is 11.5. The summed E-state index contributed by atoms with van der Waals surface area (Å²) in [7, 11) is 0. The zero-order chi connectivity index (χ0) is 24.2. The number of hydrogen-bond donors (Lipinski definition) is 3. The first-order valence-electron chi connectivity index (χ1n) is 11.5. The lowest BCUT2D eigenvalue weighted by molar-refractivity contribution is 0.0548. The molecule has 0 spiro atoms. The number of rotatable bonds is 5. The Bertz CT molecular complexity index is 1340. The van der Waals surface area contributed by atoms with Crippen LogP contribution in [0.1, 0.15) is 15.9 Å². The molecule has 8 nitrogen and oxygen atoms in total. The number of nitrogens with one attached hydrogen (secondary N) is 2. The number of aromatic nitrogens is 1. The lowest BCUT2D eigenvalue weighted by Gasteiger charge is -2.33. The molecule has 1 fully saturated rings. The lowest BCUT2D eigenvalue weighted by Crippen LogP contribution is -2.48. The smallest absolute Gasteiger partial charge is 0.324 e. The van der Waals surface area contributed by atoms with E-state index in [-0.39, 0.29) is 6.03 Å². The number of aromatic amines is 1. The molecule has 0 radical (unpaired) electrons. The van der Waals surface area contributed by atoms with Crippen LogP contribution in [0.5, 0.6) is 0 Å². The molecule has 0 atom stereocenters. The number of amides is 3. The molecule has 3 N–H and O–H groups in total. The number of hydroxylamine groups is 1. The topological polar surface area (TPSA) is 97.9 Å². The van der Waals surface area contributed by atoms with Crippen molar-refractivity contribution in [3.63, 3.8) is 0 Å². The van der Waals surface area contributed by atoms with Crippen LogP contribution in [0.25, 0.3) is 22.0 Å². The van der Waals surface area contributed by atoms with E-state index in [1.54, 1.807) is 39.5 Å². The highest BCUT2D eigenvalue weighted by atomic mass is 16.5. The van der Waals surface area contributed by atoms with Gasteiger partial charge in [0.2, 0.25) is 0 Å². The SMILES string of the molecule is O=C(NO)c1ccc(CN(C(=O)N2CCOCC2)c2cccc(-c3ccc4[nH]ccc4c3)c2)cc1. The van der Waals surface area contributed by atoms with Gasteiger partial charge in [-0.1, -0.05) is 30.3 Å². The second-order valence-corrected chi connectivity index (χ2v) is 8.44. The van der Waals surface area contributed by atoms with Crippen LogP contribution in [0.4, 0.5) is 10.5 Å². The molecule has 3 amide bonds. The predicted octanol–water partition coefficient (Wildman–Crippen LogP) is 4.41. The average molecular weight is 471 g/mol. The van der Waals surface area contributed by atoms with Gasteiger partial charge in [-0.05, 0) is 64.5 Å². The summed E-state index contributed by atoms with van der Waals surface area (Å²) in [5.74, 6) is -0.579. The maximum Gasteiger partial charge on any atom is 0.324 e. The molecular weight excluding hydrogens is 444 g/mol. The molecule has 5 rings (SSSR count). The van der Waals surface area contributed by atoms with Crippen molar-refractivity contribution in [2.24, 2.45) is 0 Å². The van der Waals surface area contributed by atoms with Gasteiger partial charge in [0, 0.05) is 36.1 Å². The Morgan fingerprint density at radius 3 is 2.51 bits per heavy atom. The molecule has 0 bridgehead atoms. The van der Waals surface area contributed by atoms with Crippen LogP contribution in [0.15, 0.2) is 79.0 Å². The van der Waals surface area contributed by atoms with Crippen LogP contribution < -0.4 is 10.4 Å². The zero-order valence-corrected chi connectivity index (χ0v) is 19.1. The van der Waals surface area contributed by atoms with Crippen LogP contribution in [-0.2, 0) is 11.3 Å². The van der Waals surface area contributed by atoms with Gasteiger partial charge in [-0.25, -0.2) is 10.3 Å². The van der Waals surface area contributed by atoms with Crippen molar-refractivity contribution in [3.05, 3.63) is 90.1 Å². The van der Waals surface area contributed by atoms with Crippen molar-refractivity contribution >= 4 is 28.5 Å². The average Bonchev–Trinajstić information content (AvgIpc) is 3.40. The number of anilines is 1. The number of morpholine rings is 1. The summed E-state index contributed by atoms with van der Waals surface area (Å²) < 4.78 is 5.43. The molecule has 1 aliphatic rings. The van der Waals surface area contributed by atoms with E-state index in [0.717, 1.165) is 33.3 Å². The molecule has 35 heavy (non-hydrogen) atoms. The van der Waals surface area contributed by atoms with E-state index in [9.17, 15) is 9.59 Å². The third-order valence-electron chi connectivity index (χ3n) is 6.22. The van der Waals surface area contributed by atoms with E-state index in [0.29, 0.717) is 38.4 Å². The van der Waals surface area contributed by atoms with Crippen LogP contribution in [0, 0.1) is 0 Å². The van der Waals surface area contributed by atoms with Crippen LogP contribution >= 0.6 is 0 Å². The van der Waals surface area contributed by atoms with Crippen LogP contribution in [0.2, 0.25) is 0 Å². The molecule has 2 heterocycles. The number of ether oxygens (including phenoxy) is 1. The number of urea groups is 1. The Hall–Kier alpha value is -4.14. The number of benzene rings is 3. The van der Waals surface area contributed by atoms with Gasteiger partial charge in [0.25, 0.3) is 5.91 Å². The lowest BCUT2D eigenvalue weighted by atomic mass is 10.0. The summed E-state index contributed by atoms with van der Waals surface area (Å²) in [6.07, 6.45) is 1.92. The molecule has 178 valence electrons. The van der Waals surface area contributed by atoms with Crippen molar-refractivity contribution in [3.8, 4) is 11.1 Å². The van der Waals surface area contributed by atoms with E-state index >= 15 is 0 Å². The van der Waals surface area contributed by atoms with Crippen molar-refractivity contribution in [1.29, 1.82) is 0 Å². The normalized spacial score (nSPS) is 13.6. The van der Waals surface area contributed by atoms with Gasteiger partial charge < -0.3 is 14.6 Å². The molecule has 4 aromatic rings. The highest BCUT2D eigenvalue weighted by Crippen LogP contribution is 2.29. The van der Waals surface area contributed by atoms with Crippen molar-refractivity contribution in [2.45, 2.75) is 6.54 Å². The molecule has 1 aromatic heterocycles. The van der Waals surface area contributed by atoms with Crippen molar-refractivity contribution in [2.75, 3.05) is 31.2 Å². The molecule has 1 aliphatic heterocycles. The van der Waals surface area contributed by atoms with Gasteiger partial charge in [0.1, 0.15) is 0 Å². The third-order valence-corrected chi connectivity index (χ3v) is 6.22. The van der Waals surface area contributed by atoms with Gasteiger partial charge in [-0.2, -0.15) is 0 Å². The van der Waals surface area contributed by atoms with E-state index in [1.807, 2.05) is 36.5 Å². The Balaban J connectivity index is 1.47. The summed E-state index contributed by atoms with van der Waals surface area (Å²) in [6.45, 7) is 2.43. The molecule has 8 heteroatoms. The fraction of sp³-hybridized carbons (Fsp3) is 0.185. The van der Waals surface area contributed by atoms with Gasteiger partial charge in [-0.15, -0.1) is 0 Å². The van der Waals surface area contributed by atoms with E-state index in [4.69, 9.17) is 9.94 Å². The maximum absolute atomic E-state index is 13.6. The third kappa shape index (κ3) is 4.89. The van der Waals surface area contributed by atoms with Gasteiger partial charge >= 0.3 is 6.03 Å². The predicted molar refractivity (Wildman–Crippen MR) is 133 cm³/mol. The Morgan fingerprint density at radius 1 is 0.971 bits per heavy atom. The fourth-order valence-corrected chi connectivity index (χ4v) is 4.29. The highest BCUT2D eigenvalue weighted by Gasteiger charge is 2.25. The molecule has 0 unspecified atom stereocenters. The second-order valence-electron chi connectivity index (χ2n) is 8.44. The monoisotopic (exact) mass is 470 g/mol. The zero-order valence-electron chi connectivity index (χ0n) is 19.1. The van der Waals surface area contributed by atoms with Gasteiger partial charge in [0.15, 0.2) is 0 Å². The summed E-state index contributed by atoms with van der Waals surface area (Å²) in [6, 6.07) is 23.0. The van der Waals surface area contributed by atoms with Crippen LogP contribution in [0.3, 0.4) is 0 Å². The Labute approximate surface area is 202 Å². The van der Waals surface area contributed by atoms with E-state index < -0.39 is 5.91 Å². The highest BCUT2D eigenvalue weighted by molar-refractivity contribution is 5.94. The Morgan fingerprint density at radius 2 is 1.74 bits per heavy atom. The summed E-state index contributed by atoms with van der Waals surface area (Å²) in [5, 5.41) is 9.99. The number of fused-ring (bicyclic) bond motifs is 1. The van der Waals surface area contributed by atoms with Gasteiger partial charge in [-0.3, -0.25) is 14.9 Å². The Kier molecular flexibility index (Phi) is 6.47. The second kappa shape index (κ2) is 10.0. The van der Waals surface area contributed by atoms with Crippen molar-refractivity contribution < 1.29 is 19.5 Å². The van der Waals surface area contributed by atoms with Gasteiger partial charge in [0.05, 0.1) is 19.8 Å². The number of nitrogens with zero attached hydrogens (tertiary/aromatic N) is 2. The molecular formula is C27H26N4O4. The maximum atomic E-state index is 13.6. The minimum absolute atomic E-state index is 0.0938. The molecule has 3 aromatic carbocycles. The summed E-state index contributed by atoms with van der Waals surface area (Å²) in [5.41, 5.74) is 6.77. The fourth-order valence-electron chi connectivity index (χ4n) is 4.29. The number of carbonyl (C=O) groups excluding carboxylic acids is 2. The van der Waals surface area contributed by atoms with E-state index in [2.05, 4.69) is 23.2 Å². The quantitative estimate of drug-likeness (QED) is 0.297. The summed E-state index contributed by atoms with van der Waals surface area (Å²) >= 11 is 0. The minimum Gasteiger partial charge on any atom is -0.378 e. The standard InChI is InChI=1S/C27H26N4O4/c32-26(29-34)20-6-4-19(5-7-20)18-31(27(33)30-12-14-35-15-13-30)24-3-1-2-21(17-24)22-8-9-25-23(16-22)10-11-28-25/h1-11,16-17,28,34H,12-15,18H2,(H,29,32).